The molecule has 2 N–H and O–H groups in total. The van der Waals surface area contributed by atoms with Crippen LogP contribution in [-0.2, 0) is 0 Å². The number of hydrogen-bond acceptors (Lipinski definition) is 2. The average Bonchev–Trinajstić information content (AvgIpc) is 2.40. The van der Waals surface area contributed by atoms with Crippen LogP contribution in [0.4, 0.5) is 0 Å². The number of benzene rings is 2. The first-order valence-corrected chi connectivity index (χ1v) is 7.05. The molecular weight excluding hydrogens is 293 g/mol. The molecule has 0 aliphatic carbocycles. The predicted molar refractivity (Wildman–Crippen MR) is 85.0 cm³/mol. The second-order valence-corrected chi connectivity index (χ2v) is 5.68. The number of halogens is 2. The number of methoxy groups -OCH3 is 1. The second-order valence-electron chi connectivity index (χ2n) is 4.84. The minimum absolute atomic E-state index is 0.378. The Morgan fingerprint density at radius 3 is 2.45 bits per heavy atom. The highest BCUT2D eigenvalue weighted by molar-refractivity contribution is 6.33. The van der Waals surface area contributed by atoms with Crippen molar-refractivity contribution in [2.75, 3.05) is 7.11 Å². The molecule has 1 unspecified atom stereocenters. The van der Waals surface area contributed by atoms with Gasteiger partial charge in [-0.05, 0) is 54.8 Å². The van der Waals surface area contributed by atoms with Crippen LogP contribution in [0.25, 0.3) is 0 Å². The largest absolute Gasteiger partial charge is 0.496 e. The van der Waals surface area contributed by atoms with Crippen LogP contribution < -0.4 is 10.5 Å². The predicted octanol–water partition coefficient (Wildman–Crippen LogP) is 4.67. The molecule has 106 valence electrons. The molecule has 0 saturated heterocycles. The van der Waals surface area contributed by atoms with Crippen molar-refractivity contribution in [3.8, 4) is 5.75 Å². The highest BCUT2D eigenvalue weighted by atomic mass is 35.5. The zero-order chi connectivity index (χ0) is 14.9. The zero-order valence-corrected chi connectivity index (χ0v) is 13.2. The summed E-state index contributed by atoms with van der Waals surface area (Å²) in [5.74, 6) is 0.769. The van der Waals surface area contributed by atoms with Gasteiger partial charge in [0.05, 0.1) is 13.2 Å². The van der Waals surface area contributed by atoms with E-state index in [0.29, 0.717) is 10.0 Å². The summed E-state index contributed by atoms with van der Waals surface area (Å²) in [6.07, 6.45) is 0. The Morgan fingerprint density at radius 1 is 1.10 bits per heavy atom. The summed E-state index contributed by atoms with van der Waals surface area (Å²) >= 11 is 12.3. The molecule has 0 fully saturated rings. The fourth-order valence-corrected chi connectivity index (χ4v) is 2.83. The molecule has 2 nitrogen and oxygen atoms in total. The first-order chi connectivity index (χ1) is 9.43. The third-order valence-electron chi connectivity index (χ3n) is 3.32. The van der Waals surface area contributed by atoms with Gasteiger partial charge in [0.2, 0.25) is 0 Å². The highest BCUT2D eigenvalue weighted by Gasteiger charge is 2.19. The molecular formula is C16H17Cl2NO. The molecule has 20 heavy (non-hydrogen) atoms. The van der Waals surface area contributed by atoms with E-state index in [-0.39, 0.29) is 6.04 Å². The maximum atomic E-state index is 6.39. The van der Waals surface area contributed by atoms with Crippen molar-refractivity contribution in [3.63, 3.8) is 0 Å². The molecule has 0 radical (unpaired) electrons. The molecule has 0 spiro atoms. The first kappa shape index (κ1) is 15.2. The van der Waals surface area contributed by atoms with Crippen molar-refractivity contribution in [1.29, 1.82) is 0 Å². The van der Waals surface area contributed by atoms with Crippen molar-refractivity contribution in [2.24, 2.45) is 5.73 Å². The molecule has 2 rings (SSSR count). The number of nitrogens with two attached hydrogens (primary N) is 1. The van der Waals surface area contributed by atoms with Crippen LogP contribution >= 0.6 is 23.2 Å². The lowest BCUT2D eigenvalue weighted by molar-refractivity contribution is 0.407. The normalized spacial score (nSPS) is 12.3. The van der Waals surface area contributed by atoms with Crippen molar-refractivity contribution in [1.82, 2.24) is 0 Å². The maximum Gasteiger partial charge on any atom is 0.124 e. The van der Waals surface area contributed by atoms with Crippen LogP contribution in [0.5, 0.6) is 5.75 Å². The van der Waals surface area contributed by atoms with E-state index in [1.807, 2.05) is 19.9 Å². The second kappa shape index (κ2) is 6.04. The lowest BCUT2D eigenvalue weighted by Gasteiger charge is -2.20. The topological polar surface area (TPSA) is 35.2 Å². The standard InChI is InChI=1S/C16H17Cl2NO/c1-9-6-10(2)15(14(7-9)20-3)16(19)12-8-11(17)4-5-13(12)18/h4-8,16H,19H2,1-3H3. The molecule has 0 aliphatic heterocycles. The van der Waals surface area contributed by atoms with Gasteiger partial charge in [-0.25, -0.2) is 0 Å². The fourth-order valence-electron chi connectivity index (χ4n) is 2.42. The van der Waals surface area contributed by atoms with E-state index >= 15 is 0 Å². The Bertz CT molecular complexity index is 641. The van der Waals surface area contributed by atoms with Crippen LogP contribution in [0.2, 0.25) is 10.0 Å². The SMILES string of the molecule is COc1cc(C)cc(C)c1C(N)c1cc(Cl)ccc1Cl. The Kier molecular flexibility index (Phi) is 4.59. The van der Waals surface area contributed by atoms with Crippen molar-refractivity contribution < 1.29 is 4.74 Å². The van der Waals surface area contributed by atoms with Gasteiger partial charge < -0.3 is 10.5 Å². The third kappa shape index (κ3) is 2.93. The van der Waals surface area contributed by atoms with Gasteiger partial charge in [-0.3, -0.25) is 0 Å². The fraction of sp³-hybridized carbons (Fsp3) is 0.250. The molecule has 1 atom stereocenters. The number of rotatable bonds is 3. The Morgan fingerprint density at radius 2 is 1.80 bits per heavy atom. The van der Waals surface area contributed by atoms with Gasteiger partial charge in [-0.15, -0.1) is 0 Å². The Labute approximate surface area is 129 Å². The van der Waals surface area contributed by atoms with Crippen molar-refractivity contribution >= 4 is 23.2 Å². The molecule has 0 amide bonds. The molecule has 0 bridgehead atoms. The van der Waals surface area contributed by atoms with Gasteiger partial charge in [-0.1, -0.05) is 29.3 Å². The molecule has 2 aromatic carbocycles. The quantitative estimate of drug-likeness (QED) is 0.894. The number of aryl methyl sites for hydroxylation is 2. The molecule has 0 aliphatic rings. The van der Waals surface area contributed by atoms with Gasteiger partial charge in [0, 0.05) is 15.6 Å². The van der Waals surface area contributed by atoms with Crippen molar-refractivity contribution in [2.45, 2.75) is 19.9 Å². The zero-order valence-electron chi connectivity index (χ0n) is 11.7. The summed E-state index contributed by atoms with van der Waals surface area (Å²) < 4.78 is 5.46. The summed E-state index contributed by atoms with van der Waals surface area (Å²) in [6.45, 7) is 4.04. The van der Waals surface area contributed by atoms with Crippen LogP contribution in [0.1, 0.15) is 28.3 Å². The Hall–Kier alpha value is -1.22. The van der Waals surface area contributed by atoms with Crippen molar-refractivity contribution in [3.05, 3.63) is 62.6 Å². The van der Waals surface area contributed by atoms with Gasteiger partial charge in [0.25, 0.3) is 0 Å². The molecule has 0 saturated carbocycles. The van der Waals surface area contributed by atoms with E-state index in [2.05, 4.69) is 6.07 Å². The van der Waals surface area contributed by atoms with Crippen LogP contribution in [0.15, 0.2) is 30.3 Å². The maximum absolute atomic E-state index is 6.39. The monoisotopic (exact) mass is 309 g/mol. The van der Waals surface area contributed by atoms with Gasteiger partial charge in [0.1, 0.15) is 5.75 Å². The van der Waals surface area contributed by atoms with Gasteiger partial charge in [-0.2, -0.15) is 0 Å². The van der Waals surface area contributed by atoms with Crippen LogP contribution in [0, 0.1) is 13.8 Å². The minimum Gasteiger partial charge on any atom is -0.496 e. The van der Waals surface area contributed by atoms with E-state index in [4.69, 9.17) is 33.7 Å². The highest BCUT2D eigenvalue weighted by Crippen LogP contribution is 2.36. The van der Waals surface area contributed by atoms with Gasteiger partial charge in [0.15, 0.2) is 0 Å². The summed E-state index contributed by atoms with van der Waals surface area (Å²) in [6, 6.07) is 8.98. The van der Waals surface area contributed by atoms with Crippen LogP contribution in [0.3, 0.4) is 0 Å². The van der Waals surface area contributed by atoms with E-state index < -0.39 is 0 Å². The average molecular weight is 310 g/mol. The van der Waals surface area contributed by atoms with E-state index in [9.17, 15) is 0 Å². The molecule has 0 aromatic heterocycles. The lowest BCUT2D eigenvalue weighted by Crippen LogP contribution is -2.15. The lowest BCUT2D eigenvalue weighted by atomic mass is 9.93. The minimum atomic E-state index is -0.378. The first-order valence-electron chi connectivity index (χ1n) is 6.29. The van der Waals surface area contributed by atoms with E-state index in [0.717, 1.165) is 28.0 Å². The molecule has 2 aromatic rings. The smallest absolute Gasteiger partial charge is 0.124 e. The number of hydrogen-bond donors (Lipinski definition) is 1. The summed E-state index contributed by atoms with van der Waals surface area (Å²) in [5.41, 5.74) is 10.3. The summed E-state index contributed by atoms with van der Waals surface area (Å²) in [5, 5.41) is 1.22. The van der Waals surface area contributed by atoms with E-state index in [1.165, 1.54) is 0 Å². The Balaban J connectivity index is 2.58. The third-order valence-corrected chi connectivity index (χ3v) is 3.90. The number of ether oxygens (including phenoxy) is 1. The summed E-state index contributed by atoms with van der Waals surface area (Å²) in [4.78, 5) is 0. The van der Waals surface area contributed by atoms with E-state index in [1.54, 1.807) is 25.3 Å². The van der Waals surface area contributed by atoms with Crippen LogP contribution in [-0.4, -0.2) is 7.11 Å². The summed E-state index contributed by atoms with van der Waals surface area (Å²) in [7, 11) is 1.64. The molecule has 4 heteroatoms. The molecule has 0 heterocycles. The van der Waals surface area contributed by atoms with Gasteiger partial charge >= 0.3 is 0 Å².